The van der Waals surface area contributed by atoms with Gasteiger partial charge in [0.15, 0.2) is 11.5 Å². The number of carbonyl (C=O) groups is 2. The molecule has 2 amide bonds. The molecule has 1 heterocycles. The number of methoxy groups -OCH3 is 1. The van der Waals surface area contributed by atoms with Crippen LogP contribution in [0, 0.1) is 11.7 Å². The Morgan fingerprint density at radius 2 is 1.85 bits per heavy atom. The summed E-state index contributed by atoms with van der Waals surface area (Å²) in [4.78, 5) is 26.7. The first-order valence-electron chi connectivity index (χ1n) is 10.6. The van der Waals surface area contributed by atoms with Crippen LogP contribution in [0.2, 0.25) is 0 Å². The number of carbonyl (C=O) groups excluding carboxylic acids is 2. The number of nitrogens with one attached hydrogen (secondary N) is 2. The normalized spacial score (nSPS) is 15.2. The SMILES string of the molecule is COc1cccc(NNC(=O)[C@H]2CC(=O)N(c3ccc(F)cc3)C2)c1OCc1ccc(Br)cc1. The minimum absolute atomic E-state index is 0.0654. The van der Waals surface area contributed by atoms with Crippen LogP contribution in [0.5, 0.6) is 11.5 Å². The monoisotopic (exact) mass is 527 g/mol. The van der Waals surface area contributed by atoms with Crippen molar-refractivity contribution >= 4 is 39.1 Å². The quantitative estimate of drug-likeness (QED) is 0.416. The van der Waals surface area contributed by atoms with Gasteiger partial charge in [-0.05, 0) is 54.1 Å². The molecular formula is C25H23BrFN3O4. The second-order valence-electron chi connectivity index (χ2n) is 7.75. The molecule has 1 aliphatic heterocycles. The van der Waals surface area contributed by atoms with E-state index >= 15 is 0 Å². The fraction of sp³-hybridized carbons (Fsp3) is 0.200. The molecule has 1 saturated heterocycles. The maximum atomic E-state index is 13.2. The van der Waals surface area contributed by atoms with Gasteiger partial charge in [0.05, 0.1) is 18.7 Å². The molecule has 1 atom stereocenters. The fourth-order valence-corrected chi connectivity index (χ4v) is 3.91. The van der Waals surface area contributed by atoms with E-state index in [0.717, 1.165) is 10.0 Å². The van der Waals surface area contributed by atoms with Gasteiger partial charge in [0.2, 0.25) is 11.8 Å². The van der Waals surface area contributed by atoms with Gasteiger partial charge in [-0.3, -0.25) is 20.4 Å². The Morgan fingerprint density at radius 1 is 1.12 bits per heavy atom. The van der Waals surface area contributed by atoms with Crippen LogP contribution in [-0.4, -0.2) is 25.5 Å². The molecule has 176 valence electrons. The van der Waals surface area contributed by atoms with Gasteiger partial charge in [-0.2, -0.15) is 0 Å². The Balaban J connectivity index is 1.40. The molecule has 34 heavy (non-hydrogen) atoms. The zero-order chi connectivity index (χ0) is 24.1. The highest BCUT2D eigenvalue weighted by Gasteiger charge is 2.35. The van der Waals surface area contributed by atoms with E-state index in [9.17, 15) is 14.0 Å². The van der Waals surface area contributed by atoms with Gasteiger partial charge < -0.3 is 14.4 Å². The van der Waals surface area contributed by atoms with Crippen LogP contribution in [0.15, 0.2) is 71.2 Å². The van der Waals surface area contributed by atoms with Gasteiger partial charge in [0, 0.05) is 23.1 Å². The fourth-order valence-electron chi connectivity index (χ4n) is 3.64. The highest BCUT2D eigenvalue weighted by molar-refractivity contribution is 9.10. The van der Waals surface area contributed by atoms with Crippen molar-refractivity contribution in [3.8, 4) is 11.5 Å². The summed E-state index contributed by atoms with van der Waals surface area (Å²) in [6, 6.07) is 18.7. The standard InChI is InChI=1S/C25H23BrFN3O4/c1-33-22-4-2-3-21(24(22)34-15-16-5-7-18(26)8-6-16)28-29-25(32)17-13-23(31)30(14-17)20-11-9-19(27)10-12-20/h2-12,17,28H,13-15H2,1H3,(H,29,32)/t17-/m0/s1. The lowest BCUT2D eigenvalue weighted by molar-refractivity contribution is -0.125. The molecule has 1 fully saturated rings. The summed E-state index contributed by atoms with van der Waals surface area (Å²) in [7, 11) is 1.54. The van der Waals surface area contributed by atoms with E-state index in [0.29, 0.717) is 29.5 Å². The van der Waals surface area contributed by atoms with E-state index in [1.807, 2.05) is 24.3 Å². The van der Waals surface area contributed by atoms with E-state index in [4.69, 9.17) is 9.47 Å². The van der Waals surface area contributed by atoms with Crippen molar-refractivity contribution in [3.63, 3.8) is 0 Å². The minimum Gasteiger partial charge on any atom is -0.493 e. The van der Waals surface area contributed by atoms with Gasteiger partial charge in [-0.25, -0.2) is 4.39 Å². The number of nitrogens with zero attached hydrogens (tertiary/aromatic N) is 1. The number of ether oxygens (including phenoxy) is 2. The first-order chi connectivity index (χ1) is 16.4. The van der Waals surface area contributed by atoms with Crippen molar-refractivity contribution in [2.24, 2.45) is 5.92 Å². The predicted octanol–water partition coefficient (Wildman–Crippen LogP) is 4.67. The molecule has 4 rings (SSSR count). The number of halogens is 2. The number of hydrogen-bond acceptors (Lipinski definition) is 5. The summed E-state index contributed by atoms with van der Waals surface area (Å²) < 4.78 is 25.6. The largest absolute Gasteiger partial charge is 0.493 e. The zero-order valence-corrected chi connectivity index (χ0v) is 20.0. The van der Waals surface area contributed by atoms with Crippen LogP contribution < -0.4 is 25.2 Å². The van der Waals surface area contributed by atoms with Crippen molar-refractivity contribution in [3.05, 3.63) is 82.6 Å². The number of benzene rings is 3. The summed E-state index contributed by atoms with van der Waals surface area (Å²) >= 11 is 3.41. The maximum absolute atomic E-state index is 13.2. The number of hydrogen-bond donors (Lipinski definition) is 2. The Hall–Kier alpha value is -3.59. The van der Waals surface area contributed by atoms with Crippen molar-refractivity contribution in [2.75, 3.05) is 24.0 Å². The van der Waals surface area contributed by atoms with E-state index in [2.05, 4.69) is 26.8 Å². The lowest BCUT2D eigenvalue weighted by Gasteiger charge is -2.19. The Labute approximate surface area is 205 Å². The van der Waals surface area contributed by atoms with Crippen LogP contribution in [-0.2, 0) is 16.2 Å². The minimum atomic E-state index is -0.553. The average molecular weight is 528 g/mol. The molecular weight excluding hydrogens is 505 g/mol. The lowest BCUT2D eigenvalue weighted by atomic mass is 10.1. The summed E-state index contributed by atoms with van der Waals surface area (Å²) in [5.41, 5.74) is 7.61. The summed E-state index contributed by atoms with van der Waals surface area (Å²) in [5.74, 6) is -0.502. The predicted molar refractivity (Wildman–Crippen MR) is 130 cm³/mol. The van der Waals surface area contributed by atoms with Gasteiger partial charge in [0.25, 0.3) is 0 Å². The van der Waals surface area contributed by atoms with Crippen LogP contribution in [0.3, 0.4) is 0 Å². The van der Waals surface area contributed by atoms with E-state index in [-0.39, 0.29) is 30.6 Å². The molecule has 3 aromatic carbocycles. The zero-order valence-electron chi connectivity index (χ0n) is 18.4. The lowest BCUT2D eigenvalue weighted by Crippen LogP contribution is -2.36. The van der Waals surface area contributed by atoms with E-state index < -0.39 is 5.92 Å². The average Bonchev–Trinajstić information content (AvgIpc) is 3.24. The molecule has 0 spiro atoms. The maximum Gasteiger partial charge on any atom is 0.243 e. The smallest absolute Gasteiger partial charge is 0.243 e. The third kappa shape index (κ3) is 5.48. The molecule has 0 radical (unpaired) electrons. The molecule has 7 nitrogen and oxygen atoms in total. The molecule has 3 aromatic rings. The van der Waals surface area contributed by atoms with Crippen LogP contribution in [0.4, 0.5) is 15.8 Å². The van der Waals surface area contributed by atoms with Crippen LogP contribution >= 0.6 is 15.9 Å². The molecule has 0 bridgehead atoms. The highest BCUT2D eigenvalue weighted by Crippen LogP contribution is 2.35. The third-order valence-electron chi connectivity index (χ3n) is 5.45. The molecule has 0 aromatic heterocycles. The first-order valence-corrected chi connectivity index (χ1v) is 11.4. The third-order valence-corrected chi connectivity index (χ3v) is 5.98. The summed E-state index contributed by atoms with van der Waals surface area (Å²) in [6.07, 6.45) is 0.0654. The molecule has 0 unspecified atom stereocenters. The van der Waals surface area contributed by atoms with Crippen LogP contribution in [0.1, 0.15) is 12.0 Å². The van der Waals surface area contributed by atoms with Gasteiger partial charge >= 0.3 is 0 Å². The second kappa shape index (κ2) is 10.6. The van der Waals surface area contributed by atoms with Crippen LogP contribution in [0.25, 0.3) is 0 Å². The Morgan fingerprint density at radius 3 is 2.56 bits per heavy atom. The van der Waals surface area contributed by atoms with Gasteiger partial charge in [-0.15, -0.1) is 0 Å². The first kappa shape index (κ1) is 23.6. The van der Waals surface area contributed by atoms with Gasteiger partial charge in [0.1, 0.15) is 12.4 Å². The molecule has 2 N–H and O–H groups in total. The molecule has 9 heteroatoms. The number of anilines is 2. The number of hydrazine groups is 1. The number of rotatable bonds is 8. The number of para-hydroxylation sites is 1. The van der Waals surface area contributed by atoms with Crippen molar-refractivity contribution in [1.29, 1.82) is 0 Å². The molecule has 0 aliphatic carbocycles. The van der Waals surface area contributed by atoms with Crippen molar-refractivity contribution in [1.82, 2.24) is 5.43 Å². The highest BCUT2D eigenvalue weighted by atomic mass is 79.9. The Kier molecular flexibility index (Phi) is 7.32. The topological polar surface area (TPSA) is 79.9 Å². The summed E-state index contributed by atoms with van der Waals surface area (Å²) in [5, 5.41) is 0. The van der Waals surface area contributed by atoms with E-state index in [1.165, 1.54) is 29.2 Å². The molecule has 1 aliphatic rings. The van der Waals surface area contributed by atoms with Gasteiger partial charge in [-0.1, -0.05) is 34.1 Å². The molecule has 0 saturated carbocycles. The van der Waals surface area contributed by atoms with E-state index in [1.54, 1.807) is 25.3 Å². The second-order valence-corrected chi connectivity index (χ2v) is 8.66. The summed E-state index contributed by atoms with van der Waals surface area (Å²) in [6.45, 7) is 0.517. The van der Waals surface area contributed by atoms with Crippen molar-refractivity contribution in [2.45, 2.75) is 13.0 Å². The number of amides is 2. The Bertz CT molecular complexity index is 1170. The van der Waals surface area contributed by atoms with Crippen molar-refractivity contribution < 1.29 is 23.5 Å².